The monoisotopic (exact) mass is 261 g/mol. The molecule has 3 nitrogen and oxygen atoms in total. The Balaban J connectivity index is 1.88. The van der Waals surface area contributed by atoms with E-state index in [1.807, 2.05) is 37.3 Å². The first-order valence-corrected chi connectivity index (χ1v) is 7.21. The number of rotatable bonds is 5. The number of benzene rings is 1. The van der Waals surface area contributed by atoms with Crippen LogP contribution in [-0.2, 0) is 4.79 Å². The van der Waals surface area contributed by atoms with Crippen LogP contribution in [0.3, 0.4) is 0 Å². The van der Waals surface area contributed by atoms with E-state index in [4.69, 9.17) is 4.74 Å². The van der Waals surface area contributed by atoms with Crippen LogP contribution in [0.15, 0.2) is 30.3 Å². The van der Waals surface area contributed by atoms with Crippen LogP contribution in [0.2, 0.25) is 0 Å². The summed E-state index contributed by atoms with van der Waals surface area (Å²) in [5.41, 5.74) is 0. The summed E-state index contributed by atoms with van der Waals surface area (Å²) in [5, 5.41) is 3.12. The molecule has 104 valence electrons. The molecule has 19 heavy (non-hydrogen) atoms. The van der Waals surface area contributed by atoms with E-state index in [9.17, 15) is 4.79 Å². The first-order valence-electron chi connectivity index (χ1n) is 7.21. The van der Waals surface area contributed by atoms with Crippen LogP contribution < -0.4 is 10.1 Å². The fourth-order valence-electron chi connectivity index (χ4n) is 2.62. The Morgan fingerprint density at radius 3 is 2.68 bits per heavy atom. The Morgan fingerprint density at radius 2 is 2.11 bits per heavy atom. The van der Waals surface area contributed by atoms with Gasteiger partial charge in [0.05, 0.1) is 0 Å². The molecule has 1 fully saturated rings. The summed E-state index contributed by atoms with van der Waals surface area (Å²) in [6.45, 7) is 4.22. The lowest BCUT2D eigenvalue weighted by atomic mass is 10.1. The summed E-state index contributed by atoms with van der Waals surface area (Å²) >= 11 is 0. The molecule has 1 aliphatic rings. The minimum atomic E-state index is -0.390. The van der Waals surface area contributed by atoms with Gasteiger partial charge < -0.3 is 10.1 Å². The Morgan fingerprint density at radius 1 is 1.37 bits per heavy atom. The molecule has 0 radical (unpaired) electrons. The average molecular weight is 261 g/mol. The number of carbonyl (C=O) groups is 1. The molecule has 0 heterocycles. The summed E-state index contributed by atoms with van der Waals surface area (Å²) in [4.78, 5) is 12.2. The van der Waals surface area contributed by atoms with Crippen molar-refractivity contribution in [3.8, 4) is 5.75 Å². The van der Waals surface area contributed by atoms with Crippen LogP contribution in [0.1, 0.15) is 39.5 Å². The molecule has 0 saturated heterocycles. The van der Waals surface area contributed by atoms with E-state index in [1.54, 1.807) is 0 Å². The molecule has 0 aliphatic heterocycles. The first-order chi connectivity index (χ1) is 9.19. The molecular weight excluding hydrogens is 238 g/mol. The Bertz CT molecular complexity index is 404. The molecule has 3 heteroatoms. The predicted molar refractivity (Wildman–Crippen MR) is 76.1 cm³/mol. The molecule has 1 aromatic carbocycles. The van der Waals surface area contributed by atoms with Gasteiger partial charge in [-0.05, 0) is 43.7 Å². The maximum Gasteiger partial charge on any atom is 0.261 e. The van der Waals surface area contributed by atoms with Crippen LogP contribution in [0.5, 0.6) is 5.75 Å². The van der Waals surface area contributed by atoms with E-state index in [2.05, 4.69) is 12.2 Å². The highest BCUT2D eigenvalue weighted by Crippen LogP contribution is 2.24. The van der Waals surface area contributed by atoms with Crippen LogP contribution in [0, 0.1) is 5.92 Å². The zero-order valence-electron chi connectivity index (χ0n) is 11.8. The first kappa shape index (κ1) is 13.9. The number of carbonyl (C=O) groups excluding carboxylic acids is 1. The van der Waals surface area contributed by atoms with Gasteiger partial charge in [0, 0.05) is 6.04 Å². The SMILES string of the molecule is CCC(Oc1ccccc1)C(=O)NC1CCC(C)C1. The Labute approximate surface area is 115 Å². The third kappa shape index (κ3) is 3.98. The van der Waals surface area contributed by atoms with Gasteiger partial charge in [-0.2, -0.15) is 0 Å². The second kappa shape index (κ2) is 6.60. The van der Waals surface area contributed by atoms with Gasteiger partial charge in [-0.15, -0.1) is 0 Å². The van der Waals surface area contributed by atoms with Gasteiger partial charge >= 0.3 is 0 Å². The van der Waals surface area contributed by atoms with E-state index in [0.29, 0.717) is 12.5 Å². The van der Waals surface area contributed by atoms with Crippen LogP contribution in [0.4, 0.5) is 0 Å². The van der Waals surface area contributed by atoms with Crippen molar-refractivity contribution in [1.29, 1.82) is 0 Å². The highest BCUT2D eigenvalue weighted by Gasteiger charge is 2.26. The van der Waals surface area contributed by atoms with Crippen molar-refractivity contribution < 1.29 is 9.53 Å². The summed E-state index contributed by atoms with van der Waals surface area (Å²) < 4.78 is 5.75. The number of hydrogen-bond acceptors (Lipinski definition) is 2. The van der Waals surface area contributed by atoms with E-state index < -0.39 is 6.10 Å². The molecule has 0 aromatic heterocycles. The Kier molecular flexibility index (Phi) is 4.83. The zero-order valence-corrected chi connectivity index (χ0v) is 11.8. The second-order valence-electron chi connectivity index (χ2n) is 5.45. The van der Waals surface area contributed by atoms with Gasteiger partial charge in [-0.3, -0.25) is 4.79 Å². The van der Waals surface area contributed by atoms with Gasteiger partial charge in [0.15, 0.2) is 6.10 Å². The number of ether oxygens (including phenoxy) is 1. The van der Waals surface area contributed by atoms with Gasteiger partial charge in [0.25, 0.3) is 5.91 Å². The van der Waals surface area contributed by atoms with Crippen LogP contribution in [0.25, 0.3) is 0 Å². The number of hydrogen-bond donors (Lipinski definition) is 1. The number of para-hydroxylation sites is 1. The smallest absolute Gasteiger partial charge is 0.261 e. The predicted octanol–water partition coefficient (Wildman–Crippen LogP) is 3.15. The highest BCUT2D eigenvalue weighted by atomic mass is 16.5. The molecule has 1 aromatic rings. The van der Waals surface area contributed by atoms with Crippen molar-refractivity contribution in [3.05, 3.63) is 30.3 Å². The number of amides is 1. The van der Waals surface area contributed by atoms with Crippen LogP contribution >= 0.6 is 0 Å². The van der Waals surface area contributed by atoms with Crippen molar-refractivity contribution >= 4 is 5.91 Å². The van der Waals surface area contributed by atoms with E-state index in [-0.39, 0.29) is 5.91 Å². The fraction of sp³-hybridized carbons (Fsp3) is 0.562. The lowest BCUT2D eigenvalue weighted by Crippen LogP contribution is -2.42. The third-order valence-corrected chi connectivity index (χ3v) is 3.73. The van der Waals surface area contributed by atoms with Crippen molar-refractivity contribution in [2.45, 2.75) is 51.7 Å². The van der Waals surface area contributed by atoms with Crippen molar-refractivity contribution in [1.82, 2.24) is 5.32 Å². The second-order valence-corrected chi connectivity index (χ2v) is 5.45. The normalized spacial score (nSPS) is 23.9. The fourth-order valence-corrected chi connectivity index (χ4v) is 2.62. The van der Waals surface area contributed by atoms with E-state index in [1.165, 1.54) is 6.42 Å². The largest absolute Gasteiger partial charge is 0.481 e. The summed E-state index contributed by atoms with van der Waals surface area (Å²) in [7, 11) is 0. The summed E-state index contributed by atoms with van der Waals surface area (Å²) in [6, 6.07) is 9.86. The van der Waals surface area contributed by atoms with Crippen LogP contribution in [-0.4, -0.2) is 18.1 Å². The standard InChI is InChI=1S/C16H23NO2/c1-3-15(19-14-7-5-4-6-8-14)16(18)17-13-10-9-12(2)11-13/h4-8,12-13,15H,3,9-11H2,1-2H3,(H,17,18). The van der Waals surface area contributed by atoms with Gasteiger partial charge in [-0.25, -0.2) is 0 Å². The minimum absolute atomic E-state index is 0.0189. The topological polar surface area (TPSA) is 38.3 Å². The molecule has 3 unspecified atom stereocenters. The molecule has 3 atom stereocenters. The molecule has 0 spiro atoms. The molecule has 0 bridgehead atoms. The molecule has 2 rings (SSSR count). The Hall–Kier alpha value is -1.51. The average Bonchev–Trinajstić information content (AvgIpc) is 2.82. The summed E-state index contributed by atoms with van der Waals surface area (Å²) in [5.74, 6) is 1.50. The molecule has 1 amide bonds. The molecule has 1 N–H and O–H groups in total. The lowest BCUT2D eigenvalue weighted by molar-refractivity contribution is -0.128. The summed E-state index contributed by atoms with van der Waals surface area (Å²) in [6.07, 6.45) is 3.69. The van der Waals surface area contributed by atoms with Crippen molar-refractivity contribution in [3.63, 3.8) is 0 Å². The van der Waals surface area contributed by atoms with E-state index in [0.717, 1.165) is 24.5 Å². The highest BCUT2D eigenvalue weighted by molar-refractivity contribution is 5.81. The van der Waals surface area contributed by atoms with Gasteiger partial charge in [-0.1, -0.05) is 32.0 Å². The maximum atomic E-state index is 12.2. The van der Waals surface area contributed by atoms with Crippen molar-refractivity contribution in [2.75, 3.05) is 0 Å². The third-order valence-electron chi connectivity index (χ3n) is 3.73. The minimum Gasteiger partial charge on any atom is -0.481 e. The van der Waals surface area contributed by atoms with Crippen molar-refractivity contribution in [2.24, 2.45) is 5.92 Å². The lowest BCUT2D eigenvalue weighted by Gasteiger charge is -2.20. The molecule has 1 aliphatic carbocycles. The quantitative estimate of drug-likeness (QED) is 0.884. The molecule has 1 saturated carbocycles. The van der Waals surface area contributed by atoms with Gasteiger partial charge in [0.1, 0.15) is 5.75 Å². The van der Waals surface area contributed by atoms with E-state index >= 15 is 0 Å². The zero-order chi connectivity index (χ0) is 13.7. The van der Waals surface area contributed by atoms with Gasteiger partial charge in [0.2, 0.25) is 0 Å². The maximum absolute atomic E-state index is 12.2. The molecular formula is C16H23NO2. The number of nitrogens with one attached hydrogen (secondary N) is 1.